The predicted octanol–water partition coefficient (Wildman–Crippen LogP) is 0.980. The minimum absolute atomic E-state index is 0.241. The first kappa shape index (κ1) is 16.6. The highest BCUT2D eigenvalue weighted by atomic mass is 16.5. The summed E-state index contributed by atoms with van der Waals surface area (Å²) in [6, 6.07) is 5.62. The number of nitrogens with zero attached hydrogens (tertiary/aromatic N) is 1. The molecule has 0 bridgehead atoms. The van der Waals surface area contributed by atoms with Crippen LogP contribution in [0.25, 0.3) is 0 Å². The summed E-state index contributed by atoms with van der Waals surface area (Å²) in [5.74, 6) is 0.146. The van der Waals surface area contributed by atoms with E-state index in [0.29, 0.717) is 18.0 Å². The second kappa shape index (κ2) is 7.47. The molecule has 0 radical (unpaired) electrons. The largest absolute Gasteiger partial charge is 0.493 e. The third-order valence-corrected chi connectivity index (χ3v) is 4.23. The van der Waals surface area contributed by atoms with Gasteiger partial charge in [0, 0.05) is 19.1 Å². The Morgan fingerprint density at radius 2 is 2.09 bits per heavy atom. The molecule has 122 valence electrons. The fourth-order valence-corrected chi connectivity index (χ4v) is 2.83. The number of piperidine rings is 1. The third kappa shape index (κ3) is 3.90. The van der Waals surface area contributed by atoms with Crippen molar-refractivity contribution in [2.45, 2.75) is 18.9 Å². The van der Waals surface area contributed by atoms with Crippen molar-refractivity contribution in [1.82, 2.24) is 4.90 Å². The number of ether oxygens (including phenoxy) is 2. The van der Waals surface area contributed by atoms with Gasteiger partial charge in [0.15, 0.2) is 11.5 Å². The van der Waals surface area contributed by atoms with E-state index in [0.717, 1.165) is 31.5 Å². The van der Waals surface area contributed by atoms with E-state index in [9.17, 15) is 9.90 Å². The zero-order valence-electron chi connectivity index (χ0n) is 13.1. The number of methoxy groups -OCH3 is 2. The molecule has 22 heavy (non-hydrogen) atoms. The number of carboxylic acids is 1. The van der Waals surface area contributed by atoms with Crippen molar-refractivity contribution in [3.8, 4) is 11.5 Å². The number of likely N-dealkylation sites (tertiary alicyclic amines) is 1. The van der Waals surface area contributed by atoms with Crippen LogP contribution in [0.15, 0.2) is 18.2 Å². The van der Waals surface area contributed by atoms with Crippen LogP contribution in [0.1, 0.15) is 12.0 Å². The second-order valence-corrected chi connectivity index (χ2v) is 5.64. The minimum Gasteiger partial charge on any atom is -0.493 e. The molecule has 0 amide bonds. The number of rotatable bonds is 6. The molecule has 1 aromatic carbocycles. The standard InChI is InChI=1S/C16H24N2O4/c1-21-14-4-3-11(9-15(14)22-2)5-7-18-8-6-13(17)12(10-18)16(19)20/h3-4,9,12-13H,5-8,10,17H2,1-2H3,(H,19,20)/t12-,13+/m1/s1. The molecular weight excluding hydrogens is 284 g/mol. The van der Waals surface area contributed by atoms with E-state index in [1.54, 1.807) is 14.2 Å². The molecule has 0 aromatic heterocycles. The van der Waals surface area contributed by atoms with E-state index in [1.807, 2.05) is 18.2 Å². The van der Waals surface area contributed by atoms with Crippen molar-refractivity contribution in [1.29, 1.82) is 0 Å². The van der Waals surface area contributed by atoms with E-state index in [2.05, 4.69) is 4.90 Å². The summed E-state index contributed by atoms with van der Waals surface area (Å²) >= 11 is 0. The lowest BCUT2D eigenvalue weighted by Crippen LogP contribution is -2.50. The lowest BCUT2D eigenvalue weighted by Gasteiger charge is -2.34. The van der Waals surface area contributed by atoms with Crippen LogP contribution in [0.2, 0.25) is 0 Å². The molecule has 2 atom stereocenters. The van der Waals surface area contributed by atoms with Crippen molar-refractivity contribution in [3.63, 3.8) is 0 Å². The fraction of sp³-hybridized carbons (Fsp3) is 0.562. The van der Waals surface area contributed by atoms with Crippen molar-refractivity contribution in [2.24, 2.45) is 11.7 Å². The average Bonchev–Trinajstić information content (AvgIpc) is 2.53. The van der Waals surface area contributed by atoms with Gasteiger partial charge in [-0.3, -0.25) is 4.79 Å². The summed E-state index contributed by atoms with van der Waals surface area (Å²) < 4.78 is 10.5. The normalized spacial score (nSPS) is 22.3. The molecule has 1 aliphatic heterocycles. The van der Waals surface area contributed by atoms with Gasteiger partial charge < -0.3 is 25.2 Å². The maximum Gasteiger partial charge on any atom is 0.309 e. The van der Waals surface area contributed by atoms with Crippen LogP contribution < -0.4 is 15.2 Å². The summed E-state index contributed by atoms with van der Waals surface area (Å²) in [4.78, 5) is 13.4. The molecular formula is C16H24N2O4. The number of benzene rings is 1. The summed E-state index contributed by atoms with van der Waals surface area (Å²) in [5.41, 5.74) is 7.02. The van der Waals surface area contributed by atoms with Gasteiger partial charge in [-0.2, -0.15) is 0 Å². The van der Waals surface area contributed by atoms with Gasteiger partial charge in [0.25, 0.3) is 0 Å². The second-order valence-electron chi connectivity index (χ2n) is 5.64. The molecule has 0 spiro atoms. The van der Waals surface area contributed by atoms with Crippen molar-refractivity contribution < 1.29 is 19.4 Å². The molecule has 0 aliphatic carbocycles. The smallest absolute Gasteiger partial charge is 0.309 e. The number of nitrogens with two attached hydrogens (primary N) is 1. The van der Waals surface area contributed by atoms with Crippen LogP contribution in [0, 0.1) is 5.92 Å². The third-order valence-electron chi connectivity index (χ3n) is 4.23. The van der Waals surface area contributed by atoms with Crippen molar-refractivity contribution >= 4 is 5.97 Å². The molecule has 3 N–H and O–H groups in total. The maximum absolute atomic E-state index is 11.2. The first-order valence-corrected chi connectivity index (χ1v) is 7.46. The Labute approximate surface area is 130 Å². The number of aliphatic carboxylic acids is 1. The molecule has 2 rings (SSSR count). The van der Waals surface area contributed by atoms with Gasteiger partial charge in [0.05, 0.1) is 20.1 Å². The summed E-state index contributed by atoms with van der Waals surface area (Å²) in [6.07, 6.45) is 1.56. The number of hydrogen-bond donors (Lipinski definition) is 2. The topological polar surface area (TPSA) is 85.0 Å². The van der Waals surface area contributed by atoms with Crippen LogP contribution in [-0.2, 0) is 11.2 Å². The van der Waals surface area contributed by atoms with Crippen LogP contribution in [-0.4, -0.2) is 55.9 Å². The Morgan fingerprint density at radius 1 is 1.36 bits per heavy atom. The van der Waals surface area contributed by atoms with Crippen molar-refractivity contribution in [2.75, 3.05) is 33.9 Å². The molecule has 0 saturated carbocycles. The van der Waals surface area contributed by atoms with Crippen LogP contribution >= 0.6 is 0 Å². The Bertz CT molecular complexity index is 521. The molecule has 0 unspecified atom stereocenters. The molecule has 1 saturated heterocycles. The Balaban J connectivity index is 1.94. The first-order valence-electron chi connectivity index (χ1n) is 7.46. The number of carbonyl (C=O) groups is 1. The molecule has 6 heteroatoms. The van der Waals surface area contributed by atoms with Crippen molar-refractivity contribution in [3.05, 3.63) is 23.8 Å². The van der Waals surface area contributed by atoms with Gasteiger partial charge in [0.1, 0.15) is 0 Å². The lowest BCUT2D eigenvalue weighted by molar-refractivity contribution is -0.144. The molecule has 1 aromatic rings. The van der Waals surface area contributed by atoms with Gasteiger partial charge in [-0.15, -0.1) is 0 Å². The Kier molecular flexibility index (Phi) is 5.63. The Morgan fingerprint density at radius 3 is 2.73 bits per heavy atom. The fourth-order valence-electron chi connectivity index (χ4n) is 2.83. The summed E-state index contributed by atoms with van der Waals surface area (Å²) in [6.45, 7) is 2.17. The minimum atomic E-state index is -0.802. The first-order chi connectivity index (χ1) is 10.5. The number of hydrogen-bond acceptors (Lipinski definition) is 5. The van der Waals surface area contributed by atoms with Gasteiger partial charge in [0.2, 0.25) is 0 Å². The highest BCUT2D eigenvalue weighted by Gasteiger charge is 2.31. The molecule has 1 aliphatic rings. The SMILES string of the molecule is COc1ccc(CCN2CC[C@H](N)[C@H](C(=O)O)C2)cc1OC. The van der Waals surface area contributed by atoms with Gasteiger partial charge in [-0.25, -0.2) is 0 Å². The van der Waals surface area contributed by atoms with Gasteiger partial charge >= 0.3 is 5.97 Å². The lowest BCUT2D eigenvalue weighted by atomic mass is 9.93. The van der Waals surface area contributed by atoms with E-state index < -0.39 is 11.9 Å². The van der Waals surface area contributed by atoms with E-state index in [-0.39, 0.29) is 6.04 Å². The van der Waals surface area contributed by atoms with Crippen LogP contribution in [0.5, 0.6) is 11.5 Å². The van der Waals surface area contributed by atoms with E-state index in [1.165, 1.54) is 0 Å². The van der Waals surface area contributed by atoms with E-state index in [4.69, 9.17) is 15.2 Å². The molecule has 6 nitrogen and oxygen atoms in total. The quantitative estimate of drug-likeness (QED) is 0.815. The molecule has 1 fully saturated rings. The number of carboxylic acid groups (broad SMARTS) is 1. The average molecular weight is 308 g/mol. The highest BCUT2D eigenvalue weighted by Crippen LogP contribution is 2.28. The highest BCUT2D eigenvalue weighted by molar-refractivity contribution is 5.71. The van der Waals surface area contributed by atoms with Crippen LogP contribution in [0.3, 0.4) is 0 Å². The summed E-state index contributed by atoms with van der Waals surface area (Å²) in [7, 11) is 3.23. The maximum atomic E-state index is 11.2. The van der Waals surface area contributed by atoms with E-state index >= 15 is 0 Å². The van der Waals surface area contributed by atoms with Gasteiger partial charge in [-0.05, 0) is 37.1 Å². The zero-order chi connectivity index (χ0) is 16.1. The predicted molar refractivity (Wildman–Crippen MR) is 83.4 cm³/mol. The zero-order valence-corrected chi connectivity index (χ0v) is 13.1. The summed E-state index contributed by atoms with van der Waals surface area (Å²) in [5, 5.41) is 9.20. The van der Waals surface area contributed by atoms with Crippen LogP contribution in [0.4, 0.5) is 0 Å². The Hall–Kier alpha value is -1.79. The molecule has 1 heterocycles. The monoisotopic (exact) mass is 308 g/mol. The van der Waals surface area contributed by atoms with Gasteiger partial charge in [-0.1, -0.05) is 6.07 Å².